The Hall–Kier alpha value is -2.78. The topological polar surface area (TPSA) is 61.4 Å². The molecule has 2 aromatic carbocycles. The number of carbonyl (C=O) groups excluding carboxylic acids is 1. The van der Waals surface area contributed by atoms with E-state index < -0.39 is 0 Å². The van der Waals surface area contributed by atoms with Crippen LogP contribution in [0, 0.1) is 5.82 Å². The van der Waals surface area contributed by atoms with Gasteiger partial charge in [0.1, 0.15) is 23.0 Å². The summed E-state index contributed by atoms with van der Waals surface area (Å²) in [5.74, 6) is 0.893. The second-order valence-electron chi connectivity index (χ2n) is 7.55. The summed E-state index contributed by atoms with van der Waals surface area (Å²) in [7, 11) is 0. The van der Waals surface area contributed by atoms with Gasteiger partial charge in [0, 0.05) is 43.7 Å². The predicted octanol–water partition coefficient (Wildman–Crippen LogP) is 4.07. The van der Waals surface area contributed by atoms with Gasteiger partial charge in [0.25, 0.3) is 0 Å². The Morgan fingerprint density at radius 1 is 1.03 bits per heavy atom. The summed E-state index contributed by atoms with van der Waals surface area (Å²) >= 11 is 3.09. The second-order valence-corrected chi connectivity index (χ2v) is 9.43. The van der Waals surface area contributed by atoms with Crippen molar-refractivity contribution in [1.29, 1.82) is 0 Å². The fraction of sp³-hybridized carbons (Fsp3) is 0.292. The Kier molecular flexibility index (Phi) is 8.06. The van der Waals surface area contributed by atoms with Crippen LogP contribution in [0.15, 0.2) is 70.8 Å². The standard InChI is InChI=1S/C24H26FN5OS2/c1-32-19-8-6-18(7-9-19)15-26-23(31)16-33-24-14-22(27-17-28-24)30-12-10-29(11-13-30)21-5-3-2-4-20(21)25/h2-9,14,17H,10-13,15-16H2,1H3,(H,26,31). The number of benzene rings is 2. The van der Waals surface area contributed by atoms with Crippen molar-refractivity contribution in [2.75, 3.05) is 48.0 Å². The lowest BCUT2D eigenvalue weighted by molar-refractivity contribution is -0.118. The normalized spacial score (nSPS) is 13.8. The van der Waals surface area contributed by atoms with Crippen LogP contribution in [0.25, 0.3) is 0 Å². The third-order valence-corrected chi connectivity index (χ3v) is 7.09. The number of piperazine rings is 1. The van der Waals surface area contributed by atoms with Crippen molar-refractivity contribution in [1.82, 2.24) is 15.3 Å². The summed E-state index contributed by atoms with van der Waals surface area (Å²) in [5.41, 5.74) is 1.72. The molecule has 1 fully saturated rings. The van der Waals surface area contributed by atoms with E-state index in [4.69, 9.17) is 0 Å². The maximum Gasteiger partial charge on any atom is 0.230 e. The first kappa shape index (κ1) is 23.4. The molecule has 0 aliphatic carbocycles. The van der Waals surface area contributed by atoms with Gasteiger partial charge >= 0.3 is 0 Å². The quantitative estimate of drug-likeness (QED) is 0.383. The minimum absolute atomic E-state index is 0.0346. The van der Waals surface area contributed by atoms with Gasteiger partial charge in [0.05, 0.1) is 11.4 Å². The largest absolute Gasteiger partial charge is 0.366 e. The number of anilines is 2. The number of para-hydroxylation sites is 1. The summed E-state index contributed by atoms with van der Waals surface area (Å²) in [6, 6.07) is 17.0. The molecule has 6 nitrogen and oxygen atoms in total. The molecule has 0 spiro atoms. The number of halogens is 1. The molecule has 1 aromatic heterocycles. The van der Waals surface area contributed by atoms with Crippen LogP contribution in [0.1, 0.15) is 5.56 Å². The first-order valence-corrected chi connectivity index (χ1v) is 12.9. The molecule has 1 saturated heterocycles. The number of rotatable bonds is 8. The van der Waals surface area contributed by atoms with E-state index in [1.807, 2.05) is 36.6 Å². The van der Waals surface area contributed by atoms with Gasteiger partial charge in [0.15, 0.2) is 0 Å². The molecule has 1 aliphatic rings. The third-order valence-electron chi connectivity index (χ3n) is 5.42. The SMILES string of the molecule is CSc1ccc(CNC(=O)CSc2cc(N3CCN(c4ccccc4F)CC3)ncn2)cc1. The molecule has 33 heavy (non-hydrogen) atoms. The van der Waals surface area contributed by atoms with Crippen LogP contribution < -0.4 is 15.1 Å². The van der Waals surface area contributed by atoms with Crippen molar-refractivity contribution in [2.24, 2.45) is 0 Å². The molecule has 2 heterocycles. The molecule has 3 aromatic rings. The number of hydrogen-bond acceptors (Lipinski definition) is 7. The number of nitrogens with one attached hydrogen (secondary N) is 1. The lowest BCUT2D eigenvalue weighted by atomic mass is 10.2. The summed E-state index contributed by atoms with van der Waals surface area (Å²) in [6.07, 6.45) is 3.57. The maximum absolute atomic E-state index is 14.1. The van der Waals surface area contributed by atoms with Gasteiger partial charge in [-0.15, -0.1) is 11.8 Å². The second kappa shape index (κ2) is 11.4. The third kappa shape index (κ3) is 6.39. The minimum atomic E-state index is -0.193. The van der Waals surface area contributed by atoms with Gasteiger partial charge in [-0.05, 0) is 36.1 Å². The molecular formula is C24H26FN5OS2. The lowest BCUT2D eigenvalue weighted by Gasteiger charge is -2.36. The molecule has 1 N–H and O–H groups in total. The van der Waals surface area contributed by atoms with Crippen molar-refractivity contribution < 1.29 is 9.18 Å². The summed E-state index contributed by atoms with van der Waals surface area (Å²) in [4.78, 5) is 26.4. The first-order chi connectivity index (χ1) is 16.1. The molecule has 9 heteroatoms. The molecular weight excluding hydrogens is 457 g/mol. The Balaban J connectivity index is 1.25. The zero-order valence-corrected chi connectivity index (χ0v) is 20.0. The highest BCUT2D eigenvalue weighted by Gasteiger charge is 2.20. The van der Waals surface area contributed by atoms with Crippen LogP contribution in [0.2, 0.25) is 0 Å². The fourth-order valence-corrected chi connectivity index (χ4v) is 4.70. The Bertz CT molecular complexity index is 1070. The summed E-state index contributed by atoms with van der Waals surface area (Å²) < 4.78 is 14.1. The molecule has 1 aliphatic heterocycles. The van der Waals surface area contributed by atoms with E-state index in [0.717, 1.165) is 29.5 Å². The van der Waals surface area contributed by atoms with Gasteiger partial charge in [-0.25, -0.2) is 14.4 Å². The zero-order valence-electron chi connectivity index (χ0n) is 18.4. The van der Waals surface area contributed by atoms with E-state index in [0.29, 0.717) is 31.1 Å². The average Bonchev–Trinajstić information content (AvgIpc) is 2.87. The van der Waals surface area contributed by atoms with E-state index in [-0.39, 0.29) is 11.7 Å². The van der Waals surface area contributed by atoms with Crippen molar-refractivity contribution in [3.8, 4) is 0 Å². The van der Waals surface area contributed by atoms with Gasteiger partial charge in [-0.3, -0.25) is 4.79 Å². The number of nitrogens with zero attached hydrogens (tertiary/aromatic N) is 4. The first-order valence-electron chi connectivity index (χ1n) is 10.7. The molecule has 0 unspecified atom stereocenters. The van der Waals surface area contributed by atoms with Crippen molar-refractivity contribution in [3.63, 3.8) is 0 Å². The van der Waals surface area contributed by atoms with Gasteiger partial charge in [0.2, 0.25) is 5.91 Å². The summed E-state index contributed by atoms with van der Waals surface area (Å²) in [5, 5.41) is 3.71. The minimum Gasteiger partial charge on any atom is -0.366 e. The molecule has 0 atom stereocenters. The average molecular weight is 484 g/mol. The van der Waals surface area contributed by atoms with Crippen LogP contribution in [-0.4, -0.2) is 54.1 Å². The van der Waals surface area contributed by atoms with Crippen molar-refractivity contribution in [2.45, 2.75) is 16.5 Å². The fourth-order valence-electron chi connectivity index (χ4n) is 3.60. The summed E-state index contributed by atoms with van der Waals surface area (Å²) in [6.45, 7) is 3.42. The number of carbonyl (C=O) groups is 1. The number of amides is 1. The van der Waals surface area contributed by atoms with E-state index in [2.05, 4.69) is 37.2 Å². The van der Waals surface area contributed by atoms with Crippen LogP contribution in [-0.2, 0) is 11.3 Å². The monoisotopic (exact) mass is 483 g/mol. The highest BCUT2D eigenvalue weighted by molar-refractivity contribution is 7.99. The van der Waals surface area contributed by atoms with Crippen LogP contribution >= 0.6 is 23.5 Å². The highest BCUT2D eigenvalue weighted by Crippen LogP contribution is 2.24. The predicted molar refractivity (Wildman–Crippen MR) is 134 cm³/mol. The van der Waals surface area contributed by atoms with Crippen molar-refractivity contribution >= 4 is 40.9 Å². The van der Waals surface area contributed by atoms with Crippen LogP contribution in [0.3, 0.4) is 0 Å². The number of aromatic nitrogens is 2. The van der Waals surface area contributed by atoms with E-state index in [1.54, 1.807) is 17.8 Å². The van der Waals surface area contributed by atoms with E-state index >= 15 is 0 Å². The van der Waals surface area contributed by atoms with Crippen LogP contribution in [0.4, 0.5) is 15.9 Å². The lowest BCUT2D eigenvalue weighted by Crippen LogP contribution is -2.47. The maximum atomic E-state index is 14.1. The number of thioether (sulfide) groups is 2. The Morgan fingerprint density at radius 2 is 1.76 bits per heavy atom. The molecule has 4 rings (SSSR count). The van der Waals surface area contributed by atoms with E-state index in [1.165, 1.54) is 29.1 Å². The molecule has 0 bridgehead atoms. The van der Waals surface area contributed by atoms with Gasteiger partial charge in [-0.2, -0.15) is 0 Å². The molecule has 0 saturated carbocycles. The van der Waals surface area contributed by atoms with Crippen LogP contribution in [0.5, 0.6) is 0 Å². The number of hydrogen-bond donors (Lipinski definition) is 1. The Labute approximate surface area is 202 Å². The molecule has 0 radical (unpaired) electrons. The molecule has 172 valence electrons. The van der Waals surface area contributed by atoms with Gasteiger partial charge in [-0.1, -0.05) is 36.0 Å². The Morgan fingerprint density at radius 3 is 2.48 bits per heavy atom. The molecule has 1 amide bonds. The van der Waals surface area contributed by atoms with Gasteiger partial charge < -0.3 is 15.1 Å². The van der Waals surface area contributed by atoms with E-state index in [9.17, 15) is 9.18 Å². The smallest absolute Gasteiger partial charge is 0.230 e. The zero-order chi connectivity index (χ0) is 23.0. The van der Waals surface area contributed by atoms with Crippen molar-refractivity contribution in [3.05, 3.63) is 72.3 Å². The highest BCUT2D eigenvalue weighted by atomic mass is 32.2.